The zero-order chi connectivity index (χ0) is 27.9. The van der Waals surface area contributed by atoms with Crippen LogP contribution in [0.3, 0.4) is 0 Å². The van der Waals surface area contributed by atoms with E-state index in [1.807, 2.05) is 32.0 Å². The molecule has 1 aliphatic carbocycles. The molecule has 2 unspecified atom stereocenters. The van der Waals surface area contributed by atoms with Crippen molar-refractivity contribution in [3.63, 3.8) is 0 Å². The second-order valence-corrected chi connectivity index (χ2v) is 12.6. The molecule has 2 aliphatic rings. The Kier molecular flexibility index (Phi) is 7.29. The fourth-order valence-corrected chi connectivity index (χ4v) is 6.64. The number of carboxylic acids is 1. The molecule has 206 valence electrons. The molecule has 1 aromatic heterocycles. The van der Waals surface area contributed by atoms with Crippen LogP contribution in [0.25, 0.3) is 11.1 Å². The van der Waals surface area contributed by atoms with E-state index in [9.17, 15) is 13.2 Å². The van der Waals surface area contributed by atoms with Gasteiger partial charge in [-0.2, -0.15) is 0 Å². The minimum atomic E-state index is -3.32. The molecule has 0 spiro atoms. The van der Waals surface area contributed by atoms with E-state index in [-0.39, 0.29) is 18.4 Å². The Morgan fingerprint density at radius 1 is 1.18 bits per heavy atom. The number of aliphatic carboxylic acids is 1. The highest BCUT2D eigenvalue weighted by atomic mass is 32.2. The first-order valence-corrected chi connectivity index (χ1v) is 15.1. The predicted molar refractivity (Wildman–Crippen MR) is 147 cm³/mol. The maximum absolute atomic E-state index is 12.1. The monoisotopic (exact) mass is 551 g/mol. The quantitative estimate of drug-likeness (QED) is 0.369. The third-order valence-corrected chi connectivity index (χ3v) is 8.89. The molecule has 3 atom stereocenters. The van der Waals surface area contributed by atoms with Gasteiger partial charge < -0.3 is 19.3 Å². The summed E-state index contributed by atoms with van der Waals surface area (Å²) in [6.07, 6.45) is 4.74. The number of ether oxygens (including phenoxy) is 3. The normalized spacial score (nSPS) is 18.7. The van der Waals surface area contributed by atoms with E-state index in [1.54, 1.807) is 19.2 Å². The van der Waals surface area contributed by atoms with Gasteiger partial charge >= 0.3 is 5.97 Å². The molecule has 0 saturated heterocycles. The van der Waals surface area contributed by atoms with Gasteiger partial charge in [-0.05, 0) is 78.6 Å². The Morgan fingerprint density at radius 3 is 2.59 bits per heavy atom. The Morgan fingerprint density at radius 2 is 1.92 bits per heavy atom. The van der Waals surface area contributed by atoms with Crippen LogP contribution >= 0.6 is 0 Å². The summed E-state index contributed by atoms with van der Waals surface area (Å²) in [5.41, 5.74) is 6.55. The number of rotatable bonds is 9. The van der Waals surface area contributed by atoms with Crippen LogP contribution in [0.2, 0.25) is 0 Å². The van der Waals surface area contributed by atoms with Crippen LogP contribution in [0.5, 0.6) is 17.4 Å². The minimum absolute atomic E-state index is 0.0104. The smallest absolute Gasteiger partial charge is 0.304 e. The zero-order valence-corrected chi connectivity index (χ0v) is 23.4. The lowest BCUT2D eigenvalue weighted by Crippen LogP contribution is -2.25. The molecule has 2 heterocycles. The molecule has 0 amide bonds. The minimum Gasteiger partial charge on any atom is -0.492 e. The van der Waals surface area contributed by atoms with Gasteiger partial charge in [0, 0.05) is 30.0 Å². The van der Waals surface area contributed by atoms with Gasteiger partial charge in [0.2, 0.25) is 5.88 Å². The fourth-order valence-electron chi connectivity index (χ4n) is 5.75. The average molecular weight is 552 g/mol. The van der Waals surface area contributed by atoms with Crippen LogP contribution in [-0.2, 0) is 21.1 Å². The topological polar surface area (TPSA) is 112 Å². The predicted octanol–water partition coefficient (Wildman–Crippen LogP) is 5.54. The molecule has 1 aliphatic heterocycles. The third kappa shape index (κ3) is 5.45. The van der Waals surface area contributed by atoms with E-state index in [0.717, 1.165) is 46.2 Å². The summed E-state index contributed by atoms with van der Waals surface area (Å²) < 4.78 is 42.0. The van der Waals surface area contributed by atoms with Crippen molar-refractivity contribution < 1.29 is 32.5 Å². The van der Waals surface area contributed by atoms with Gasteiger partial charge in [-0.25, -0.2) is 13.4 Å². The average Bonchev–Trinajstić information content (AvgIpc) is 3.45. The summed E-state index contributed by atoms with van der Waals surface area (Å²) in [4.78, 5) is 15.6. The van der Waals surface area contributed by atoms with Gasteiger partial charge in [0.15, 0.2) is 15.3 Å². The van der Waals surface area contributed by atoms with Crippen molar-refractivity contribution in [1.29, 1.82) is 0 Å². The molecule has 2 aromatic carbocycles. The third-order valence-electron chi connectivity index (χ3n) is 7.50. The molecule has 0 saturated carbocycles. The van der Waals surface area contributed by atoms with Crippen LogP contribution < -0.4 is 14.2 Å². The highest BCUT2D eigenvalue weighted by Crippen LogP contribution is 2.43. The summed E-state index contributed by atoms with van der Waals surface area (Å²) in [7, 11) is -3.32. The number of benzene rings is 2. The van der Waals surface area contributed by atoms with Crippen LogP contribution in [0.15, 0.2) is 42.6 Å². The first-order valence-electron chi connectivity index (χ1n) is 13.1. The van der Waals surface area contributed by atoms with Gasteiger partial charge in [-0.3, -0.25) is 4.79 Å². The molecule has 8 nitrogen and oxygen atoms in total. The summed E-state index contributed by atoms with van der Waals surface area (Å²) in [5.74, 6) is 0.583. The Balaban J connectivity index is 1.39. The first kappa shape index (κ1) is 27.0. The van der Waals surface area contributed by atoms with Crippen molar-refractivity contribution >= 4 is 15.8 Å². The molecule has 9 heteroatoms. The molecule has 39 heavy (non-hydrogen) atoms. The van der Waals surface area contributed by atoms with Crippen molar-refractivity contribution in [2.45, 2.75) is 63.9 Å². The van der Waals surface area contributed by atoms with Gasteiger partial charge in [-0.15, -0.1) is 0 Å². The number of hydrogen-bond acceptors (Lipinski definition) is 7. The lowest BCUT2D eigenvalue weighted by Gasteiger charge is -2.20. The number of aryl methyl sites for hydroxylation is 2. The number of aromatic nitrogens is 1. The van der Waals surface area contributed by atoms with Crippen molar-refractivity contribution in [1.82, 2.24) is 4.98 Å². The molecule has 5 rings (SSSR count). The van der Waals surface area contributed by atoms with E-state index >= 15 is 0 Å². The van der Waals surface area contributed by atoms with E-state index in [4.69, 9.17) is 19.3 Å². The lowest BCUT2D eigenvalue weighted by atomic mass is 9.90. The molecular weight excluding hydrogens is 518 g/mol. The van der Waals surface area contributed by atoms with Gasteiger partial charge in [0.1, 0.15) is 17.6 Å². The summed E-state index contributed by atoms with van der Waals surface area (Å²) in [6, 6.07) is 11.8. The van der Waals surface area contributed by atoms with E-state index in [1.165, 1.54) is 11.8 Å². The maximum Gasteiger partial charge on any atom is 0.304 e. The second kappa shape index (κ2) is 10.5. The van der Waals surface area contributed by atoms with Crippen LogP contribution in [0.4, 0.5) is 0 Å². The number of fused-ring (bicyclic) bond motifs is 2. The molecule has 0 bridgehead atoms. The zero-order valence-electron chi connectivity index (χ0n) is 22.6. The van der Waals surface area contributed by atoms with Gasteiger partial charge in [0.25, 0.3) is 0 Å². The van der Waals surface area contributed by atoms with Crippen molar-refractivity contribution in [2.75, 3.05) is 12.9 Å². The number of nitrogens with zero attached hydrogens (tertiary/aromatic N) is 1. The summed E-state index contributed by atoms with van der Waals surface area (Å²) >= 11 is 0. The van der Waals surface area contributed by atoms with E-state index in [2.05, 4.69) is 17.1 Å². The highest BCUT2D eigenvalue weighted by molar-refractivity contribution is 7.91. The molecular formula is C30H33NO7S. The van der Waals surface area contributed by atoms with Crippen molar-refractivity contribution in [2.24, 2.45) is 0 Å². The SMILES string of the molecule is CCC(Oc1cc(C)c(-c2cccc3c2CC[C@H]3Oc2cc3c(cn2)C(CC(=O)O)CO3)c(C)c1)S(C)(=O)=O. The van der Waals surface area contributed by atoms with E-state index < -0.39 is 21.2 Å². The van der Waals surface area contributed by atoms with E-state index in [0.29, 0.717) is 30.4 Å². The largest absolute Gasteiger partial charge is 0.492 e. The number of pyridine rings is 1. The van der Waals surface area contributed by atoms with Crippen LogP contribution in [-0.4, -0.2) is 42.8 Å². The highest BCUT2D eigenvalue weighted by Gasteiger charge is 2.31. The maximum atomic E-state index is 12.1. The number of carbonyl (C=O) groups is 1. The summed E-state index contributed by atoms with van der Waals surface area (Å²) in [6.45, 7) is 6.17. The Hall–Kier alpha value is -3.59. The first-order chi connectivity index (χ1) is 18.5. The van der Waals surface area contributed by atoms with Crippen molar-refractivity contribution in [3.8, 4) is 28.5 Å². The van der Waals surface area contributed by atoms with Crippen LogP contribution in [0.1, 0.15) is 66.0 Å². The Bertz CT molecular complexity index is 1510. The van der Waals surface area contributed by atoms with Gasteiger partial charge in [-0.1, -0.05) is 25.1 Å². The lowest BCUT2D eigenvalue weighted by molar-refractivity contribution is -0.137. The molecule has 0 radical (unpaired) electrons. The number of carboxylic acid groups (broad SMARTS) is 1. The number of sulfone groups is 1. The standard InChI is InChI=1S/C30H33NO7S/c1-5-29(39(4,34)35)37-20-11-17(2)30(18(3)12-20)23-8-6-7-22-21(23)9-10-25(22)38-27-14-26-24(15-31-27)19(16-36-26)13-28(32)33/h6-8,11-12,14-15,19,25,29H,5,9-10,13,16H2,1-4H3,(H,32,33)/t19?,25-,29?/m1/s1. The molecule has 3 aromatic rings. The fraction of sp³-hybridized carbons (Fsp3) is 0.400. The van der Waals surface area contributed by atoms with Crippen molar-refractivity contribution in [3.05, 3.63) is 70.4 Å². The summed E-state index contributed by atoms with van der Waals surface area (Å²) in [5, 5.41) is 9.13. The van der Waals surface area contributed by atoms with Crippen LogP contribution in [0, 0.1) is 13.8 Å². The Labute approximate surface area is 228 Å². The second-order valence-electron chi connectivity index (χ2n) is 10.4. The number of hydrogen-bond donors (Lipinski definition) is 1. The molecule has 1 N–H and O–H groups in total. The molecule has 0 fully saturated rings. The van der Waals surface area contributed by atoms with Gasteiger partial charge in [0.05, 0.1) is 13.0 Å².